The molecular formula is C14H10N4O3. The van der Waals surface area contributed by atoms with E-state index in [2.05, 4.69) is 15.3 Å². The van der Waals surface area contributed by atoms with Crippen LogP contribution in [0.5, 0.6) is 0 Å². The van der Waals surface area contributed by atoms with Crippen LogP contribution in [0, 0.1) is 11.3 Å². The SMILES string of the molecule is N#Cc1ccc(C(=O)OCC(=O)Nc2ncccn2)cc1. The van der Waals surface area contributed by atoms with Crippen LogP contribution in [0.2, 0.25) is 0 Å². The van der Waals surface area contributed by atoms with Crippen molar-refractivity contribution in [2.24, 2.45) is 0 Å². The van der Waals surface area contributed by atoms with Crippen molar-refractivity contribution < 1.29 is 14.3 Å². The number of rotatable bonds is 4. The van der Waals surface area contributed by atoms with Gasteiger partial charge in [0, 0.05) is 12.4 Å². The maximum absolute atomic E-state index is 11.7. The molecule has 7 nitrogen and oxygen atoms in total. The molecule has 0 atom stereocenters. The molecule has 0 spiro atoms. The van der Waals surface area contributed by atoms with Crippen molar-refractivity contribution in [2.75, 3.05) is 11.9 Å². The molecule has 1 aromatic carbocycles. The van der Waals surface area contributed by atoms with Crippen molar-refractivity contribution in [1.29, 1.82) is 5.26 Å². The zero-order valence-electron chi connectivity index (χ0n) is 10.8. The van der Waals surface area contributed by atoms with Gasteiger partial charge < -0.3 is 4.74 Å². The number of carbonyl (C=O) groups excluding carboxylic acids is 2. The largest absolute Gasteiger partial charge is 0.452 e. The predicted molar refractivity (Wildman–Crippen MR) is 72.1 cm³/mol. The van der Waals surface area contributed by atoms with Crippen LogP contribution in [-0.2, 0) is 9.53 Å². The molecule has 1 aromatic heterocycles. The minimum absolute atomic E-state index is 0.136. The van der Waals surface area contributed by atoms with Crippen molar-refractivity contribution in [1.82, 2.24) is 9.97 Å². The molecule has 0 bridgehead atoms. The van der Waals surface area contributed by atoms with Crippen LogP contribution in [-0.4, -0.2) is 28.5 Å². The molecule has 1 amide bonds. The number of esters is 1. The Balaban J connectivity index is 1.86. The maximum Gasteiger partial charge on any atom is 0.338 e. The fourth-order valence-electron chi connectivity index (χ4n) is 1.42. The number of amides is 1. The molecule has 7 heteroatoms. The molecule has 0 saturated carbocycles. The van der Waals surface area contributed by atoms with Gasteiger partial charge in [-0.05, 0) is 30.3 Å². The van der Waals surface area contributed by atoms with Crippen molar-refractivity contribution in [3.05, 3.63) is 53.9 Å². The topological polar surface area (TPSA) is 105 Å². The smallest absolute Gasteiger partial charge is 0.338 e. The third-order valence-corrected chi connectivity index (χ3v) is 2.40. The van der Waals surface area contributed by atoms with E-state index in [0.29, 0.717) is 5.56 Å². The van der Waals surface area contributed by atoms with Gasteiger partial charge in [0.15, 0.2) is 6.61 Å². The van der Waals surface area contributed by atoms with Gasteiger partial charge in [0.25, 0.3) is 5.91 Å². The molecule has 0 radical (unpaired) electrons. The third kappa shape index (κ3) is 4.11. The summed E-state index contributed by atoms with van der Waals surface area (Å²) in [6.45, 7) is -0.447. The molecular weight excluding hydrogens is 272 g/mol. The average Bonchev–Trinajstić information content (AvgIpc) is 2.53. The monoisotopic (exact) mass is 282 g/mol. The Morgan fingerprint density at radius 2 is 1.86 bits per heavy atom. The number of carbonyl (C=O) groups is 2. The van der Waals surface area contributed by atoms with E-state index >= 15 is 0 Å². The number of ether oxygens (including phenoxy) is 1. The molecule has 2 aromatic rings. The van der Waals surface area contributed by atoms with Crippen LogP contribution >= 0.6 is 0 Å². The van der Waals surface area contributed by atoms with E-state index in [9.17, 15) is 9.59 Å². The zero-order valence-corrected chi connectivity index (χ0v) is 10.8. The lowest BCUT2D eigenvalue weighted by Crippen LogP contribution is -2.21. The highest BCUT2D eigenvalue weighted by Gasteiger charge is 2.10. The number of benzene rings is 1. The van der Waals surface area contributed by atoms with Crippen LogP contribution < -0.4 is 5.32 Å². The van der Waals surface area contributed by atoms with E-state index in [1.54, 1.807) is 6.07 Å². The molecule has 1 heterocycles. The summed E-state index contributed by atoms with van der Waals surface area (Å²) in [5, 5.41) is 11.0. The summed E-state index contributed by atoms with van der Waals surface area (Å²) >= 11 is 0. The molecule has 0 aliphatic heterocycles. The lowest BCUT2D eigenvalue weighted by atomic mass is 10.1. The molecule has 104 valence electrons. The zero-order chi connectivity index (χ0) is 15.1. The van der Waals surface area contributed by atoms with E-state index in [1.807, 2.05) is 6.07 Å². The first kappa shape index (κ1) is 14.1. The highest BCUT2D eigenvalue weighted by Crippen LogP contribution is 2.05. The Morgan fingerprint density at radius 1 is 1.19 bits per heavy atom. The highest BCUT2D eigenvalue weighted by molar-refractivity contribution is 5.94. The predicted octanol–water partition coefficient (Wildman–Crippen LogP) is 1.14. The minimum atomic E-state index is -0.649. The second-order valence-corrected chi connectivity index (χ2v) is 3.89. The molecule has 0 saturated heterocycles. The Kier molecular flexibility index (Phi) is 4.56. The molecule has 21 heavy (non-hydrogen) atoms. The summed E-state index contributed by atoms with van der Waals surface area (Å²) in [6.07, 6.45) is 2.96. The molecule has 0 unspecified atom stereocenters. The summed E-state index contributed by atoms with van der Waals surface area (Å²) in [5.74, 6) is -1.05. The van der Waals surface area contributed by atoms with E-state index in [4.69, 9.17) is 10.00 Å². The molecule has 0 aliphatic rings. The van der Waals surface area contributed by atoms with Crippen LogP contribution in [0.15, 0.2) is 42.7 Å². The normalized spacial score (nSPS) is 9.48. The van der Waals surface area contributed by atoms with Crippen LogP contribution in [0.25, 0.3) is 0 Å². The van der Waals surface area contributed by atoms with Crippen molar-refractivity contribution in [3.63, 3.8) is 0 Å². The average molecular weight is 282 g/mol. The van der Waals surface area contributed by atoms with E-state index < -0.39 is 18.5 Å². The molecule has 0 aliphatic carbocycles. The number of hydrogen-bond donors (Lipinski definition) is 1. The number of nitriles is 1. The standard InChI is InChI=1S/C14H10N4O3/c15-8-10-2-4-11(5-3-10)13(20)21-9-12(19)18-14-16-6-1-7-17-14/h1-7H,9H2,(H,16,17,18,19). The Hall–Kier alpha value is -3.27. The van der Waals surface area contributed by atoms with Crippen molar-refractivity contribution in [2.45, 2.75) is 0 Å². The lowest BCUT2D eigenvalue weighted by Gasteiger charge is -2.05. The fourth-order valence-corrected chi connectivity index (χ4v) is 1.42. The minimum Gasteiger partial charge on any atom is -0.452 e. The maximum atomic E-state index is 11.7. The first-order valence-electron chi connectivity index (χ1n) is 5.93. The summed E-state index contributed by atoms with van der Waals surface area (Å²) in [7, 11) is 0. The number of anilines is 1. The first-order chi connectivity index (χ1) is 10.2. The number of hydrogen-bond acceptors (Lipinski definition) is 6. The molecule has 1 N–H and O–H groups in total. The number of nitrogens with zero attached hydrogens (tertiary/aromatic N) is 3. The van der Waals surface area contributed by atoms with Crippen LogP contribution in [0.4, 0.5) is 5.95 Å². The van der Waals surface area contributed by atoms with Gasteiger partial charge in [-0.1, -0.05) is 0 Å². The second-order valence-electron chi connectivity index (χ2n) is 3.89. The van der Waals surface area contributed by atoms with Gasteiger partial charge in [-0.3, -0.25) is 10.1 Å². The van der Waals surface area contributed by atoms with Gasteiger partial charge in [0.1, 0.15) is 0 Å². The van der Waals surface area contributed by atoms with Crippen LogP contribution in [0.1, 0.15) is 15.9 Å². The lowest BCUT2D eigenvalue weighted by molar-refractivity contribution is -0.119. The van der Waals surface area contributed by atoms with E-state index in [1.165, 1.54) is 36.7 Å². The number of aromatic nitrogens is 2. The Morgan fingerprint density at radius 3 is 2.48 bits per heavy atom. The fraction of sp³-hybridized carbons (Fsp3) is 0.0714. The van der Waals surface area contributed by atoms with Gasteiger partial charge in [0.05, 0.1) is 17.2 Å². The van der Waals surface area contributed by atoms with Gasteiger partial charge in [-0.2, -0.15) is 5.26 Å². The molecule has 2 rings (SSSR count). The van der Waals surface area contributed by atoms with Gasteiger partial charge in [0.2, 0.25) is 5.95 Å². The Labute approximate surface area is 120 Å². The Bertz CT molecular complexity index is 678. The highest BCUT2D eigenvalue weighted by atomic mass is 16.5. The summed E-state index contributed by atoms with van der Waals surface area (Å²) in [6, 6.07) is 9.46. The van der Waals surface area contributed by atoms with Crippen molar-refractivity contribution >= 4 is 17.8 Å². The van der Waals surface area contributed by atoms with Crippen LogP contribution in [0.3, 0.4) is 0 Å². The summed E-state index contributed by atoms with van der Waals surface area (Å²) in [5.41, 5.74) is 0.697. The van der Waals surface area contributed by atoms with Gasteiger partial charge in [-0.25, -0.2) is 14.8 Å². The van der Waals surface area contributed by atoms with Gasteiger partial charge >= 0.3 is 5.97 Å². The molecule has 0 fully saturated rings. The van der Waals surface area contributed by atoms with Gasteiger partial charge in [-0.15, -0.1) is 0 Å². The van der Waals surface area contributed by atoms with E-state index in [0.717, 1.165) is 0 Å². The summed E-state index contributed by atoms with van der Waals surface area (Å²) in [4.78, 5) is 30.8. The number of nitrogens with one attached hydrogen (secondary N) is 1. The third-order valence-electron chi connectivity index (χ3n) is 2.40. The summed E-state index contributed by atoms with van der Waals surface area (Å²) < 4.78 is 4.85. The van der Waals surface area contributed by atoms with E-state index in [-0.39, 0.29) is 11.5 Å². The second kappa shape index (κ2) is 6.77. The van der Waals surface area contributed by atoms with Crippen molar-refractivity contribution in [3.8, 4) is 6.07 Å². The first-order valence-corrected chi connectivity index (χ1v) is 5.93. The quantitative estimate of drug-likeness (QED) is 0.843.